The van der Waals surface area contributed by atoms with Crippen LogP contribution in [0.2, 0.25) is 0 Å². The molecule has 0 saturated heterocycles. The fourth-order valence-electron chi connectivity index (χ4n) is 1.55. The van der Waals surface area contributed by atoms with Gasteiger partial charge in [0.05, 0.1) is 12.3 Å². The fraction of sp³-hybridized carbons (Fsp3) is 0.143. The van der Waals surface area contributed by atoms with Gasteiger partial charge in [-0.2, -0.15) is 5.10 Å². The molecule has 4 nitrogen and oxygen atoms in total. The summed E-state index contributed by atoms with van der Waals surface area (Å²) in [5, 5.41) is 6.80. The second-order valence-corrected chi connectivity index (χ2v) is 3.68. The monoisotopic (exact) mass is 242 g/mol. The quantitative estimate of drug-likeness (QED) is 0.662. The van der Waals surface area contributed by atoms with E-state index in [0.29, 0.717) is 6.61 Å². The lowest BCUT2D eigenvalue weighted by molar-refractivity contribution is -0.137. The minimum absolute atomic E-state index is 0.324. The first-order valence-electron chi connectivity index (χ1n) is 5.74. The normalized spacial score (nSPS) is 10.7. The summed E-state index contributed by atoms with van der Waals surface area (Å²) in [5.41, 5.74) is 2.98. The molecular weight excluding hydrogens is 228 g/mol. The molecule has 1 aromatic heterocycles. The van der Waals surface area contributed by atoms with Gasteiger partial charge in [-0.3, -0.25) is 5.10 Å². The van der Waals surface area contributed by atoms with Crippen molar-refractivity contribution >= 4 is 12.0 Å². The number of esters is 1. The van der Waals surface area contributed by atoms with Crippen molar-refractivity contribution in [3.05, 3.63) is 48.2 Å². The summed E-state index contributed by atoms with van der Waals surface area (Å²) < 4.78 is 4.81. The molecule has 2 aromatic rings. The number of H-pyrrole nitrogens is 1. The van der Waals surface area contributed by atoms with Crippen molar-refractivity contribution in [1.29, 1.82) is 0 Å². The van der Waals surface area contributed by atoms with Gasteiger partial charge in [-0.25, -0.2) is 4.79 Å². The number of nitrogens with zero attached hydrogens (tertiary/aromatic N) is 1. The number of carbonyl (C=O) groups is 1. The predicted octanol–water partition coefficient (Wildman–Crippen LogP) is 2.65. The number of hydrogen-bond acceptors (Lipinski definition) is 3. The number of hydrogen-bond donors (Lipinski definition) is 1. The Balaban J connectivity index is 2.06. The van der Waals surface area contributed by atoms with Gasteiger partial charge in [0.25, 0.3) is 0 Å². The minimum atomic E-state index is -0.324. The summed E-state index contributed by atoms with van der Waals surface area (Å²) in [7, 11) is 0. The number of nitrogens with one attached hydrogen (secondary N) is 1. The molecule has 2 rings (SSSR count). The number of carbonyl (C=O) groups excluding carboxylic acids is 1. The molecule has 1 aromatic carbocycles. The van der Waals surface area contributed by atoms with Crippen molar-refractivity contribution in [3.8, 4) is 11.3 Å². The van der Waals surface area contributed by atoms with Crippen LogP contribution >= 0.6 is 0 Å². The Bertz CT molecular complexity index is 527. The van der Waals surface area contributed by atoms with Crippen molar-refractivity contribution in [3.63, 3.8) is 0 Å². The van der Waals surface area contributed by atoms with Gasteiger partial charge < -0.3 is 4.74 Å². The van der Waals surface area contributed by atoms with E-state index in [2.05, 4.69) is 10.2 Å². The van der Waals surface area contributed by atoms with E-state index in [1.165, 1.54) is 6.08 Å². The number of benzene rings is 1. The summed E-state index contributed by atoms with van der Waals surface area (Å²) in [5.74, 6) is -0.324. The maximum Gasteiger partial charge on any atom is 0.330 e. The molecule has 1 N–H and O–H groups in total. The standard InChI is InChI=1S/C14H14N2O2/c1-2-18-14(17)8-5-11-3-6-12(7-4-11)13-9-10-15-16-13/h3-10H,2H2,1H3,(H,15,16). The summed E-state index contributed by atoms with van der Waals surface area (Å²) in [4.78, 5) is 11.1. The Kier molecular flexibility index (Phi) is 3.91. The second-order valence-electron chi connectivity index (χ2n) is 3.68. The maximum absolute atomic E-state index is 11.1. The van der Waals surface area contributed by atoms with E-state index in [-0.39, 0.29) is 5.97 Å². The highest BCUT2D eigenvalue weighted by atomic mass is 16.5. The zero-order chi connectivity index (χ0) is 12.8. The van der Waals surface area contributed by atoms with Gasteiger partial charge in [0.2, 0.25) is 0 Å². The highest BCUT2D eigenvalue weighted by Crippen LogP contribution is 2.17. The maximum atomic E-state index is 11.1. The molecule has 0 aliphatic rings. The molecule has 0 spiro atoms. The first-order valence-corrected chi connectivity index (χ1v) is 5.74. The Morgan fingerprint density at radius 3 is 2.72 bits per heavy atom. The number of rotatable bonds is 4. The highest BCUT2D eigenvalue weighted by molar-refractivity contribution is 5.87. The van der Waals surface area contributed by atoms with E-state index in [1.54, 1.807) is 19.2 Å². The fourth-order valence-corrected chi connectivity index (χ4v) is 1.55. The number of aromatic amines is 1. The zero-order valence-electron chi connectivity index (χ0n) is 10.1. The van der Waals surface area contributed by atoms with Gasteiger partial charge in [0.15, 0.2) is 0 Å². The van der Waals surface area contributed by atoms with Gasteiger partial charge in [-0.05, 0) is 30.2 Å². The van der Waals surface area contributed by atoms with Crippen LogP contribution in [0.15, 0.2) is 42.6 Å². The summed E-state index contributed by atoms with van der Waals surface area (Å²) in [6.07, 6.45) is 4.87. The molecule has 1 heterocycles. The molecule has 0 unspecified atom stereocenters. The van der Waals surface area contributed by atoms with E-state index in [1.807, 2.05) is 30.3 Å². The molecule has 0 bridgehead atoms. The van der Waals surface area contributed by atoms with Crippen LogP contribution < -0.4 is 0 Å². The average molecular weight is 242 g/mol. The zero-order valence-corrected chi connectivity index (χ0v) is 10.1. The van der Waals surface area contributed by atoms with Crippen LogP contribution in [0.25, 0.3) is 17.3 Å². The lowest BCUT2D eigenvalue weighted by Crippen LogP contribution is -1.98. The minimum Gasteiger partial charge on any atom is -0.463 e. The summed E-state index contributed by atoms with van der Waals surface area (Å²) in [6.45, 7) is 2.17. The first kappa shape index (κ1) is 12.1. The van der Waals surface area contributed by atoms with Crippen LogP contribution in [0.5, 0.6) is 0 Å². The van der Waals surface area contributed by atoms with Crippen LogP contribution in [0.4, 0.5) is 0 Å². The van der Waals surface area contributed by atoms with E-state index in [4.69, 9.17) is 4.74 Å². The topological polar surface area (TPSA) is 55.0 Å². The smallest absolute Gasteiger partial charge is 0.330 e. The Labute approximate surface area is 105 Å². The molecule has 0 fully saturated rings. The van der Waals surface area contributed by atoms with Crippen LogP contribution in [0.1, 0.15) is 12.5 Å². The van der Waals surface area contributed by atoms with Crippen molar-refractivity contribution in [2.75, 3.05) is 6.61 Å². The summed E-state index contributed by atoms with van der Waals surface area (Å²) in [6, 6.07) is 9.72. The predicted molar refractivity (Wildman–Crippen MR) is 69.7 cm³/mol. The second kappa shape index (κ2) is 5.82. The Morgan fingerprint density at radius 2 is 2.11 bits per heavy atom. The lowest BCUT2D eigenvalue weighted by atomic mass is 10.1. The van der Waals surface area contributed by atoms with Crippen LogP contribution in [0, 0.1) is 0 Å². The lowest BCUT2D eigenvalue weighted by Gasteiger charge is -1.99. The van der Waals surface area contributed by atoms with Crippen molar-refractivity contribution < 1.29 is 9.53 Å². The van der Waals surface area contributed by atoms with Crippen molar-refractivity contribution in [2.24, 2.45) is 0 Å². The van der Waals surface area contributed by atoms with Crippen LogP contribution in [0.3, 0.4) is 0 Å². The largest absolute Gasteiger partial charge is 0.463 e. The van der Waals surface area contributed by atoms with Crippen LogP contribution in [-0.2, 0) is 9.53 Å². The van der Waals surface area contributed by atoms with Gasteiger partial charge in [0.1, 0.15) is 0 Å². The third kappa shape index (κ3) is 3.07. The molecule has 0 saturated carbocycles. The molecule has 0 aliphatic carbocycles. The Morgan fingerprint density at radius 1 is 1.33 bits per heavy atom. The molecule has 0 aliphatic heterocycles. The number of ether oxygens (including phenoxy) is 1. The van der Waals surface area contributed by atoms with Crippen molar-refractivity contribution in [2.45, 2.75) is 6.92 Å². The van der Waals surface area contributed by atoms with E-state index in [9.17, 15) is 4.79 Å². The van der Waals surface area contributed by atoms with E-state index < -0.39 is 0 Å². The van der Waals surface area contributed by atoms with Gasteiger partial charge in [0, 0.05) is 12.3 Å². The SMILES string of the molecule is CCOC(=O)C=Cc1ccc(-c2ccn[nH]2)cc1. The first-order chi connectivity index (χ1) is 8.79. The Hall–Kier alpha value is -2.36. The third-order valence-electron chi connectivity index (χ3n) is 2.42. The molecule has 4 heteroatoms. The van der Waals surface area contributed by atoms with E-state index >= 15 is 0 Å². The van der Waals surface area contributed by atoms with Crippen LogP contribution in [-0.4, -0.2) is 22.8 Å². The van der Waals surface area contributed by atoms with E-state index in [0.717, 1.165) is 16.8 Å². The molecule has 0 atom stereocenters. The molecule has 92 valence electrons. The number of aromatic nitrogens is 2. The molecular formula is C14H14N2O2. The molecule has 18 heavy (non-hydrogen) atoms. The third-order valence-corrected chi connectivity index (χ3v) is 2.42. The summed E-state index contributed by atoms with van der Waals surface area (Å²) >= 11 is 0. The van der Waals surface area contributed by atoms with Gasteiger partial charge in [-0.15, -0.1) is 0 Å². The highest BCUT2D eigenvalue weighted by Gasteiger charge is 1.98. The molecule has 0 radical (unpaired) electrons. The van der Waals surface area contributed by atoms with Gasteiger partial charge >= 0.3 is 5.97 Å². The van der Waals surface area contributed by atoms with Gasteiger partial charge in [-0.1, -0.05) is 24.3 Å². The average Bonchev–Trinajstić information content (AvgIpc) is 2.91. The van der Waals surface area contributed by atoms with Crippen molar-refractivity contribution in [1.82, 2.24) is 10.2 Å². The molecule has 0 amide bonds.